The van der Waals surface area contributed by atoms with Gasteiger partial charge in [0.15, 0.2) is 0 Å². The fraction of sp³-hybridized carbons (Fsp3) is 0. The van der Waals surface area contributed by atoms with E-state index in [1.807, 2.05) is 12.3 Å². The van der Waals surface area contributed by atoms with Crippen LogP contribution >= 0.6 is 0 Å². The molecule has 0 bridgehead atoms. The van der Waals surface area contributed by atoms with E-state index in [1.54, 1.807) is 6.33 Å². The van der Waals surface area contributed by atoms with Crippen molar-refractivity contribution in [1.82, 2.24) is 15.0 Å². The van der Waals surface area contributed by atoms with Crippen molar-refractivity contribution >= 4 is 21.8 Å². The predicted octanol–water partition coefficient (Wildman–Crippen LogP) is 3.78. The molecule has 0 amide bonds. The first-order valence-corrected chi connectivity index (χ1v) is 6.20. The van der Waals surface area contributed by atoms with Crippen LogP contribution in [0.15, 0.2) is 61.1 Å². The molecule has 3 heteroatoms. The van der Waals surface area contributed by atoms with Crippen molar-refractivity contribution in [2.45, 2.75) is 0 Å². The zero-order valence-electron chi connectivity index (χ0n) is 10.2. The second kappa shape index (κ2) is 3.92. The monoisotopic (exact) mass is 245 g/mol. The fourth-order valence-electron chi connectivity index (χ4n) is 2.50. The lowest BCUT2D eigenvalue weighted by Crippen LogP contribution is -1.87. The molecular weight excluding hydrogens is 234 g/mol. The van der Waals surface area contributed by atoms with Gasteiger partial charge in [-0.25, -0.2) is 4.98 Å². The minimum absolute atomic E-state index is 0.916. The lowest BCUT2D eigenvalue weighted by atomic mass is 10.0. The Hall–Kier alpha value is -2.68. The van der Waals surface area contributed by atoms with E-state index in [0.29, 0.717) is 0 Å². The van der Waals surface area contributed by atoms with E-state index in [-0.39, 0.29) is 0 Å². The average molecular weight is 245 g/mol. The Morgan fingerprint density at radius 2 is 1.74 bits per heavy atom. The Kier molecular flexibility index (Phi) is 2.12. The Morgan fingerprint density at radius 3 is 2.74 bits per heavy atom. The van der Waals surface area contributed by atoms with Gasteiger partial charge in [-0.15, -0.1) is 0 Å². The van der Waals surface area contributed by atoms with Gasteiger partial charge in [0.25, 0.3) is 0 Å². The summed E-state index contributed by atoms with van der Waals surface area (Å²) in [4.78, 5) is 12.0. The molecule has 4 aromatic rings. The summed E-state index contributed by atoms with van der Waals surface area (Å²) in [5, 5.41) is 2.42. The molecule has 4 rings (SSSR count). The van der Waals surface area contributed by atoms with Crippen molar-refractivity contribution in [3.63, 3.8) is 0 Å². The highest BCUT2D eigenvalue weighted by molar-refractivity contribution is 6.01. The van der Waals surface area contributed by atoms with Gasteiger partial charge in [-0.3, -0.25) is 4.98 Å². The molecule has 2 heterocycles. The van der Waals surface area contributed by atoms with Crippen LogP contribution in [-0.4, -0.2) is 15.0 Å². The molecule has 3 nitrogen and oxygen atoms in total. The van der Waals surface area contributed by atoms with Crippen LogP contribution in [0.3, 0.4) is 0 Å². The van der Waals surface area contributed by atoms with Crippen molar-refractivity contribution in [1.29, 1.82) is 0 Å². The molecule has 0 aliphatic carbocycles. The van der Waals surface area contributed by atoms with Crippen LogP contribution in [0.2, 0.25) is 0 Å². The highest BCUT2D eigenvalue weighted by Crippen LogP contribution is 2.30. The maximum absolute atomic E-state index is 4.52. The number of imidazole rings is 1. The second-order valence-corrected chi connectivity index (χ2v) is 4.48. The molecule has 90 valence electrons. The van der Waals surface area contributed by atoms with E-state index in [9.17, 15) is 0 Å². The smallest absolute Gasteiger partial charge is 0.115 e. The summed E-state index contributed by atoms with van der Waals surface area (Å²) >= 11 is 0. The first-order chi connectivity index (χ1) is 9.43. The van der Waals surface area contributed by atoms with Crippen molar-refractivity contribution < 1.29 is 0 Å². The normalized spacial score (nSPS) is 11.2. The van der Waals surface area contributed by atoms with E-state index in [4.69, 9.17) is 0 Å². The van der Waals surface area contributed by atoms with E-state index < -0.39 is 0 Å². The quantitative estimate of drug-likeness (QED) is 0.554. The lowest BCUT2D eigenvalue weighted by Gasteiger charge is -2.06. The summed E-state index contributed by atoms with van der Waals surface area (Å²) in [6, 6.07) is 16.6. The molecule has 0 spiro atoms. The lowest BCUT2D eigenvalue weighted by molar-refractivity contribution is 1.33. The number of hydrogen-bond acceptors (Lipinski definition) is 2. The third-order valence-electron chi connectivity index (χ3n) is 3.38. The third kappa shape index (κ3) is 1.52. The van der Waals surface area contributed by atoms with E-state index in [0.717, 1.165) is 22.3 Å². The summed E-state index contributed by atoms with van der Waals surface area (Å²) < 4.78 is 0. The summed E-state index contributed by atoms with van der Waals surface area (Å²) in [5.74, 6) is 0. The number of H-pyrrole nitrogens is 1. The molecule has 0 unspecified atom stereocenters. The maximum Gasteiger partial charge on any atom is 0.115 e. The minimum atomic E-state index is 0.916. The number of aromatic amines is 1. The molecule has 0 fully saturated rings. The van der Waals surface area contributed by atoms with Gasteiger partial charge in [-0.1, -0.05) is 42.5 Å². The van der Waals surface area contributed by atoms with Crippen LogP contribution in [0.25, 0.3) is 33.1 Å². The van der Waals surface area contributed by atoms with Gasteiger partial charge in [0.1, 0.15) is 5.52 Å². The summed E-state index contributed by atoms with van der Waals surface area (Å²) in [7, 11) is 0. The topological polar surface area (TPSA) is 41.6 Å². The zero-order valence-corrected chi connectivity index (χ0v) is 10.2. The molecule has 0 saturated carbocycles. The predicted molar refractivity (Wildman–Crippen MR) is 76.8 cm³/mol. The number of nitrogens with one attached hydrogen (secondary N) is 1. The van der Waals surface area contributed by atoms with Crippen LogP contribution in [0.4, 0.5) is 0 Å². The van der Waals surface area contributed by atoms with Gasteiger partial charge in [-0.2, -0.15) is 0 Å². The number of aromatic nitrogens is 3. The minimum Gasteiger partial charge on any atom is -0.344 e. The van der Waals surface area contributed by atoms with Crippen LogP contribution in [0, 0.1) is 0 Å². The van der Waals surface area contributed by atoms with E-state index >= 15 is 0 Å². The number of benzene rings is 2. The molecule has 1 N–H and O–H groups in total. The van der Waals surface area contributed by atoms with Gasteiger partial charge in [0, 0.05) is 11.8 Å². The number of hydrogen-bond donors (Lipinski definition) is 1. The third-order valence-corrected chi connectivity index (χ3v) is 3.38. The Bertz CT molecular complexity index is 872. The maximum atomic E-state index is 4.52. The van der Waals surface area contributed by atoms with Crippen LogP contribution in [0.5, 0.6) is 0 Å². The molecule has 2 aromatic carbocycles. The highest BCUT2D eigenvalue weighted by atomic mass is 14.9. The standard InChI is InChI=1S/C16H11N3/c1-2-6-12-11(4-1)5-3-7-13(12)15-16-14(8-9-17-15)18-10-19-16/h1-10H,(H,18,19). The summed E-state index contributed by atoms with van der Waals surface area (Å²) in [6.07, 6.45) is 3.53. The first kappa shape index (κ1) is 10.3. The van der Waals surface area contributed by atoms with Gasteiger partial charge in [0.05, 0.1) is 17.5 Å². The second-order valence-electron chi connectivity index (χ2n) is 4.48. The molecule has 0 radical (unpaired) electrons. The van der Waals surface area contributed by atoms with Crippen LogP contribution in [-0.2, 0) is 0 Å². The Morgan fingerprint density at radius 1 is 0.842 bits per heavy atom. The SMILES string of the molecule is c1ccc2c(-c3nccc4[nH]cnc34)cccc2c1. The first-order valence-electron chi connectivity index (χ1n) is 6.20. The molecular formula is C16H11N3. The Balaban J connectivity index is 2.12. The fourth-order valence-corrected chi connectivity index (χ4v) is 2.50. The molecule has 19 heavy (non-hydrogen) atoms. The van der Waals surface area contributed by atoms with Crippen LogP contribution in [0.1, 0.15) is 0 Å². The molecule has 0 aliphatic rings. The molecule has 0 atom stereocenters. The van der Waals surface area contributed by atoms with Crippen LogP contribution < -0.4 is 0 Å². The summed E-state index contributed by atoms with van der Waals surface area (Å²) in [5.41, 5.74) is 3.98. The summed E-state index contributed by atoms with van der Waals surface area (Å²) in [6.45, 7) is 0. The highest BCUT2D eigenvalue weighted by Gasteiger charge is 2.09. The molecule has 2 aromatic heterocycles. The molecule has 0 saturated heterocycles. The van der Waals surface area contributed by atoms with Gasteiger partial charge in [-0.05, 0) is 16.8 Å². The zero-order chi connectivity index (χ0) is 12.7. The van der Waals surface area contributed by atoms with Gasteiger partial charge in [0.2, 0.25) is 0 Å². The average Bonchev–Trinajstić information content (AvgIpc) is 2.95. The molecule has 0 aliphatic heterocycles. The van der Waals surface area contributed by atoms with Crippen molar-refractivity contribution in [3.8, 4) is 11.3 Å². The van der Waals surface area contributed by atoms with E-state index in [2.05, 4.69) is 57.4 Å². The number of nitrogens with zero attached hydrogens (tertiary/aromatic N) is 2. The Labute approximate surface area is 110 Å². The number of pyridine rings is 1. The van der Waals surface area contributed by atoms with Crippen molar-refractivity contribution in [3.05, 3.63) is 61.1 Å². The largest absolute Gasteiger partial charge is 0.344 e. The van der Waals surface area contributed by atoms with E-state index in [1.165, 1.54) is 10.8 Å². The van der Waals surface area contributed by atoms with Gasteiger partial charge >= 0.3 is 0 Å². The van der Waals surface area contributed by atoms with Crippen molar-refractivity contribution in [2.75, 3.05) is 0 Å². The van der Waals surface area contributed by atoms with Gasteiger partial charge < -0.3 is 4.98 Å². The number of fused-ring (bicyclic) bond motifs is 2. The number of rotatable bonds is 1. The van der Waals surface area contributed by atoms with Crippen molar-refractivity contribution in [2.24, 2.45) is 0 Å².